The van der Waals surface area contributed by atoms with Gasteiger partial charge in [0.2, 0.25) is 0 Å². The van der Waals surface area contributed by atoms with Gasteiger partial charge >= 0.3 is 6.36 Å². The number of allylic oxidation sites excluding steroid dienone is 2. The van der Waals surface area contributed by atoms with Crippen LogP contribution in [-0.4, -0.2) is 6.36 Å². The smallest absolute Gasteiger partial charge is 0.406 e. The molecule has 1 aromatic carbocycles. The van der Waals surface area contributed by atoms with Crippen LogP contribution in [0.25, 0.3) is 0 Å². The molecule has 98 valence electrons. The monoisotopic (exact) mass is 256 g/mol. The van der Waals surface area contributed by atoms with Crippen molar-refractivity contribution < 1.29 is 17.9 Å². The summed E-state index contributed by atoms with van der Waals surface area (Å²) in [7, 11) is 0. The molecule has 0 spiro atoms. The van der Waals surface area contributed by atoms with Gasteiger partial charge in [0.1, 0.15) is 5.75 Å². The van der Waals surface area contributed by atoms with Gasteiger partial charge in [-0.05, 0) is 37.0 Å². The first kappa shape index (κ1) is 13.0. The molecule has 18 heavy (non-hydrogen) atoms. The van der Waals surface area contributed by atoms with Crippen LogP contribution in [0.2, 0.25) is 0 Å². The van der Waals surface area contributed by atoms with E-state index < -0.39 is 6.36 Å². The standard InChI is InChI=1S/C14H15F3O/c1-13(9-3-2-4-10-13)11-5-7-12(8-6-11)18-14(15,16)17/h3,5-9H,2,4,10H2,1H3/t13-/m0/s1. The second-order valence-electron chi connectivity index (χ2n) is 4.78. The molecule has 1 atom stereocenters. The fourth-order valence-electron chi connectivity index (χ4n) is 2.29. The molecule has 4 heteroatoms. The van der Waals surface area contributed by atoms with Crippen LogP contribution in [0, 0.1) is 0 Å². The van der Waals surface area contributed by atoms with Gasteiger partial charge in [0.05, 0.1) is 0 Å². The van der Waals surface area contributed by atoms with Crippen molar-refractivity contribution in [3.63, 3.8) is 0 Å². The molecule has 1 aliphatic rings. The van der Waals surface area contributed by atoms with Gasteiger partial charge in [-0.15, -0.1) is 13.2 Å². The van der Waals surface area contributed by atoms with E-state index in [-0.39, 0.29) is 11.2 Å². The highest BCUT2D eigenvalue weighted by molar-refractivity contribution is 5.35. The molecule has 0 saturated heterocycles. The Balaban J connectivity index is 2.17. The summed E-state index contributed by atoms with van der Waals surface area (Å²) >= 11 is 0. The lowest BCUT2D eigenvalue weighted by atomic mass is 9.75. The summed E-state index contributed by atoms with van der Waals surface area (Å²) in [5, 5.41) is 0. The first-order valence-electron chi connectivity index (χ1n) is 5.93. The topological polar surface area (TPSA) is 9.23 Å². The molecule has 0 radical (unpaired) electrons. The van der Waals surface area contributed by atoms with Gasteiger partial charge in [-0.3, -0.25) is 0 Å². The van der Waals surface area contributed by atoms with Crippen LogP contribution < -0.4 is 4.74 Å². The number of halogens is 3. The van der Waals surface area contributed by atoms with Crippen molar-refractivity contribution in [2.75, 3.05) is 0 Å². The molecule has 0 saturated carbocycles. The summed E-state index contributed by atoms with van der Waals surface area (Å²) in [6, 6.07) is 6.15. The van der Waals surface area contributed by atoms with Gasteiger partial charge in [-0.2, -0.15) is 0 Å². The molecule has 0 amide bonds. The molecular formula is C14H15F3O. The van der Waals surface area contributed by atoms with Crippen molar-refractivity contribution in [1.82, 2.24) is 0 Å². The molecule has 0 heterocycles. The zero-order valence-electron chi connectivity index (χ0n) is 10.1. The van der Waals surface area contributed by atoms with Crippen LogP contribution in [0.15, 0.2) is 36.4 Å². The van der Waals surface area contributed by atoms with Crippen LogP contribution in [0.5, 0.6) is 5.75 Å². The van der Waals surface area contributed by atoms with E-state index in [0.717, 1.165) is 24.8 Å². The van der Waals surface area contributed by atoms with Crippen LogP contribution in [0.3, 0.4) is 0 Å². The van der Waals surface area contributed by atoms with E-state index in [4.69, 9.17) is 0 Å². The minimum atomic E-state index is -4.63. The number of ether oxygens (including phenoxy) is 1. The fourth-order valence-corrected chi connectivity index (χ4v) is 2.29. The molecule has 1 aromatic rings. The lowest BCUT2D eigenvalue weighted by Gasteiger charge is -2.29. The van der Waals surface area contributed by atoms with Gasteiger partial charge in [0.25, 0.3) is 0 Å². The molecule has 0 N–H and O–H groups in total. The zero-order valence-corrected chi connectivity index (χ0v) is 10.1. The van der Waals surface area contributed by atoms with Crippen molar-refractivity contribution in [1.29, 1.82) is 0 Å². The maximum Gasteiger partial charge on any atom is 0.573 e. The summed E-state index contributed by atoms with van der Waals surface area (Å²) < 4.78 is 40.0. The first-order chi connectivity index (χ1) is 8.39. The predicted octanol–water partition coefficient (Wildman–Crippen LogP) is 4.58. The van der Waals surface area contributed by atoms with Crippen molar-refractivity contribution in [2.24, 2.45) is 0 Å². The highest BCUT2D eigenvalue weighted by Crippen LogP contribution is 2.35. The Morgan fingerprint density at radius 1 is 1.17 bits per heavy atom. The van der Waals surface area contributed by atoms with Crippen LogP contribution >= 0.6 is 0 Å². The largest absolute Gasteiger partial charge is 0.573 e. The van der Waals surface area contributed by atoms with E-state index in [1.54, 1.807) is 12.1 Å². The highest BCUT2D eigenvalue weighted by atomic mass is 19.4. The van der Waals surface area contributed by atoms with E-state index in [9.17, 15) is 13.2 Å². The Hall–Kier alpha value is -1.45. The molecule has 0 fully saturated rings. The third kappa shape index (κ3) is 3.06. The first-order valence-corrected chi connectivity index (χ1v) is 5.93. The summed E-state index contributed by atoms with van der Waals surface area (Å²) in [5.41, 5.74) is 0.947. The molecule has 0 aliphatic heterocycles. The van der Waals surface area contributed by atoms with Gasteiger partial charge in [0, 0.05) is 5.41 Å². The second kappa shape index (κ2) is 4.67. The molecule has 0 unspecified atom stereocenters. The second-order valence-corrected chi connectivity index (χ2v) is 4.78. The van der Waals surface area contributed by atoms with E-state index in [1.807, 2.05) is 0 Å². The quantitative estimate of drug-likeness (QED) is 0.703. The van der Waals surface area contributed by atoms with Gasteiger partial charge in [-0.1, -0.05) is 31.2 Å². The molecule has 2 rings (SSSR count). The van der Waals surface area contributed by atoms with E-state index >= 15 is 0 Å². The highest BCUT2D eigenvalue weighted by Gasteiger charge is 2.31. The van der Waals surface area contributed by atoms with E-state index in [0.29, 0.717) is 0 Å². The Bertz CT molecular complexity index is 433. The molecule has 0 bridgehead atoms. The molecule has 1 aliphatic carbocycles. The minimum Gasteiger partial charge on any atom is -0.406 e. The van der Waals surface area contributed by atoms with E-state index in [1.165, 1.54) is 12.1 Å². The predicted molar refractivity (Wildman–Crippen MR) is 63.5 cm³/mol. The van der Waals surface area contributed by atoms with E-state index in [2.05, 4.69) is 23.8 Å². The Morgan fingerprint density at radius 3 is 2.33 bits per heavy atom. The Labute approximate surface area is 104 Å². The van der Waals surface area contributed by atoms with Gasteiger partial charge < -0.3 is 4.74 Å². The summed E-state index contributed by atoms with van der Waals surface area (Å²) in [6.45, 7) is 2.10. The van der Waals surface area contributed by atoms with Crippen molar-refractivity contribution in [3.8, 4) is 5.75 Å². The van der Waals surface area contributed by atoms with Crippen molar-refractivity contribution in [3.05, 3.63) is 42.0 Å². The molecule has 1 nitrogen and oxygen atoms in total. The van der Waals surface area contributed by atoms with Crippen molar-refractivity contribution >= 4 is 0 Å². The maximum absolute atomic E-state index is 12.0. The lowest BCUT2D eigenvalue weighted by molar-refractivity contribution is -0.274. The third-order valence-corrected chi connectivity index (χ3v) is 3.30. The summed E-state index contributed by atoms with van der Waals surface area (Å²) in [5.74, 6) is -0.172. The summed E-state index contributed by atoms with van der Waals surface area (Å²) in [4.78, 5) is 0. The number of hydrogen-bond donors (Lipinski definition) is 0. The third-order valence-electron chi connectivity index (χ3n) is 3.30. The maximum atomic E-state index is 12.0. The van der Waals surface area contributed by atoms with Crippen LogP contribution in [-0.2, 0) is 5.41 Å². The SMILES string of the molecule is C[C@]1(c2ccc(OC(F)(F)F)cc2)C=CCCC1. The normalized spacial score (nSPS) is 24.0. The molecule has 0 aromatic heterocycles. The Morgan fingerprint density at radius 2 is 1.83 bits per heavy atom. The zero-order chi connectivity index (χ0) is 13.2. The number of alkyl halides is 3. The molecular weight excluding hydrogens is 241 g/mol. The van der Waals surface area contributed by atoms with Crippen LogP contribution in [0.4, 0.5) is 13.2 Å². The average molecular weight is 256 g/mol. The van der Waals surface area contributed by atoms with Crippen LogP contribution in [0.1, 0.15) is 31.7 Å². The Kier molecular flexibility index (Phi) is 3.37. The van der Waals surface area contributed by atoms with Crippen molar-refractivity contribution in [2.45, 2.75) is 38.0 Å². The number of rotatable bonds is 2. The fraction of sp³-hybridized carbons (Fsp3) is 0.429. The van der Waals surface area contributed by atoms with Gasteiger partial charge in [-0.25, -0.2) is 0 Å². The average Bonchev–Trinajstić information content (AvgIpc) is 2.28. The summed E-state index contributed by atoms with van der Waals surface area (Å²) in [6.07, 6.45) is 2.83. The number of hydrogen-bond acceptors (Lipinski definition) is 1. The minimum absolute atomic E-state index is 0.0744. The number of benzene rings is 1. The lowest BCUT2D eigenvalue weighted by Crippen LogP contribution is -2.21. The van der Waals surface area contributed by atoms with Gasteiger partial charge in [0.15, 0.2) is 0 Å².